The second-order valence-electron chi connectivity index (χ2n) is 9.57. The fourth-order valence-electron chi connectivity index (χ4n) is 5.85. The number of carbonyl (C=O) groups excluding carboxylic acids is 1. The molecule has 6 rings (SSSR count). The molecule has 2 saturated carbocycles. The standard InChI is InChI=1S/C26H29N3O2S/c30-26-18-12-7-13-21-22(18)25(29-32(21)31)23-19(27-16-8-3-1-4-9-16)14-15-20(24(23)26)28-17-10-5-2-6-11-17/h7,12-17,27-28H,1-6,8-11H2. The van der Waals surface area contributed by atoms with Gasteiger partial charge in [0.1, 0.15) is 0 Å². The molecule has 1 atom stereocenters. The summed E-state index contributed by atoms with van der Waals surface area (Å²) < 4.78 is 17.4. The van der Waals surface area contributed by atoms with E-state index in [4.69, 9.17) is 0 Å². The van der Waals surface area contributed by atoms with E-state index in [1.165, 1.54) is 38.5 Å². The van der Waals surface area contributed by atoms with Crippen molar-refractivity contribution in [3.63, 3.8) is 0 Å². The summed E-state index contributed by atoms with van der Waals surface area (Å²) in [5.41, 5.74) is 5.49. The lowest BCUT2D eigenvalue weighted by Crippen LogP contribution is -2.29. The maximum absolute atomic E-state index is 13.8. The van der Waals surface area contributed by atoms with E-state index in [2.05, 4.69) is 27.2 Å². The Bertz CT molecular complexity index is 1140. The monoisotopic (exact) mass is 447 g/mol. The van der Waals surface area contributed by atoms with Crippen molar-refractivity contribution < 1.29 is 9.00 Å². The van der Waals surface area contributed by atoms with Crippen molar-refractivity contribution in [1.29, 1.82) is 0 Å². The Labute approximate surface area is 191 Å². The highest BCUT2D eigenvalue weighted by Gasteiger charge is 2.39. The number of carbonyl (C=O) groups is 1. The van der Waals surface area contributed by atoms with E-state index < -0.39 is 11.0 Å². The number of nitrogens with one attached hydrogen (secondary N) is 2. The molecular formula is C26H29N3O2S. The van der Waals surface area contributed by atoms with Crippen molar-refractivity contribution in [2.75, 3.05) is 10.6 Å². The molecule has 32 heavy (non-hydrogen) atoms. The highest BCUT2D eigenvalue weighted by Crippen LogP contribution is 2.42. The smallest absolute Gasteiger partial charge is 0.196 e. The number of hydrogen-bond donors (Lipinski definition) is 2. The Kier molecular flexibility index (Phi) is 5.13. The lowest BCUT2D eigenvalue weighted by molar-refractivity contribution is 0.103. The first kappa shape index (κ1) is 20.2. The zero-order valence-electron chi connectivity index (χ0n) is 18.3. The summed E-state index contributed by atoms with van der Waals surface area (Å²) in [7, 11) is -1.46. The number of rotatable bonds is 4. The number of hydrogen-bond acceptors (Lipinski definition) is 4. The second kappa shape index (κ2) is 8.14. The Balaban J connectivity index is 1.49. The molecule has 0 radical (unpaired) electrons. The average molecular weight is 448 g/mol. The lowest BCUT2D eigenvalue weighted by Gasteiger charge is -2.30. The van der Waals surface area contributed by atoms with Gasteiger partial charge in [-0.15, -0.1) is 0 Å². The van der Waals surface area contributed by atoms with Gasteiger partial charge in [0, 0.05) is 40.1 Å². The van der Waals surface area contributed by atoms with Crippen LogP contribution >= 0.6 is 0 Å². The van der Waals surface area contributed by atoms with Crippen LogP contribution in [0, 0.1) is 0 Å². The van der Waals surface area contributed by atoms with E-state index in [1.54, 1.807) is 0 Å². The first-order valence-electron chi connectivity index (χ1n) is 12.1. The summed E-state index contributed by atoms with van der Waals surface area (Å²) in [6.45, 7) is 0. The Morgan fingerprint density at radius 1 is 0.750 bits per heavy atom. The fourth-order valence-corrected chi connectivity index (χ4v) is 6.87. The van der Waals surface area contributed by atoms with Crippen molar-refractivity contribution in [2.45, 2.75) is 81.2 Å². The molecule has 3 aliphatic carbocycles. The van der Waals surface area contributed by atoms with E-state index >= 15 is 0 Å². The van der Waals surface area contributed by atoms with Crippen LogP contribution in [-0.4, -0.2) is 27.8 Å². The highest BCUT2D eigenvalue weighted by atomic mass is 32.2. The molecule has 2 N–H and O–H groups in total. The topological polar surface area (TPSA) is 70.6 Å². The molecule has 2 aromatic carbocycles. The molecule has 1 aliphatic heterocycles. The molecule has 0 saturated heterocycles. The largest absolute Gasteiger partial charge is 0.382 e. The summed E-state index contributed by atoms with van der Waals surface area (Å²) >= 11 is 0. The predicted molar refractivity (Wildman–Crippen MR) is 129 cm³/mol. The average Bonchev–Trinajstić information content (AvgIpc) is 3.17. The third kappa shape index (κ3) is 3.31. The van der Waals surface area contributed by atoms with Crippen molar-refractivity contribution in [1.82, 2.24) is 0 Å². The molecule has 2 aromatic rings. The summed E-state index contributed by atoms with van der Waals surface area (Å²) in [6.07, 6.45) is 12.1. The van der Waals surface area contributed by atoms with Crippen molar-refractivity contribution in [3.8, 4) is 0 Å². The molecule has 0 amide bonds. The lowest BCUT2D eigenvalue weighted by atomic mass is 9.81. The van der Waals surface area contributed by atoms with E-state index in [-0.39, 0.29) is 5.78 Å². The minimum Gasteiger partial charge on any atom is -0.382 e. The van der Waals surface area contributed by atoms with Gasteiger partial charge in [0.05, 0.1) is 16.2 Å². The molecule has 0 aromatic heterocycles. The minimum absolute atomic E-state index is 0.0142. The molecule has 0 spiro atoms. The molecule has 4 aliphatic rings. The van der Waals surface area contributed by atoms with Crippen LogP contribution in [0.4, 0.5) is 11.4 Å². The van der Waals surface area contributed by atoms with Crippen molar-refractivity contribution in [2.24, 2.45) is 4.40 Å². The van der Waals surface area contributed by atoms with Crippen LogP contribution in [0.25, 0.3) is 0 Å². The summed E-state index contributed by atoms with van der Waals surface area (Å²) in [5.74, 6) is 0.0142. The van der Waals surface area contributed by atoms with E-state index in [0.717, 1.165) is 48.2 Å². The summed E-state index contributed by atoms with van der Waals surface area (Å²) in [6, 6.07) is 10.5. The van der Waals surface area contributed by atoms with Gasteiger partial charge in [-0.1, -0.05) is 50.7 Å². The SMILES string of the molecule is O=C1c2cccc3c2C(=NS3=O)c2c(NC3CCCCC3)ccc(NC3CCCCC3)c21. The Hall–Kier alpha value is -2.47. The van der Waals surface area contributed by atoms with Crippen LogP contribution in [0.15, 0.2) is 39.6 Å². The van der Waals surface area contributed by atoms with Crippen LogP contribution in [0.2, 0.25) is 0 Å². The van der Waals surface area contributed by atoms with Gasteiger partial charge in [-0.05, 0) is 43.9 Å². The molecule has 1 heterocycles. The van der Waals surface area contributed by atoms with E-state index in [0.29, 0.717) is 33.8 Å². The van der Waals surface area contributed by atoms with Gasteiger partial charge in [-0.3, -0.25) is 4.79 Å². The zero-order valence-corrected chi connectivity index (χ0v) is 19.1. The first-order valence-corrected chi connectivity index (χ1v) is 13.2. The molecule has 1 unspecified atom stereocenters. The van der Waals surface area contributed by atoms with Gasteiger partial charge in [0.2, 0.25) is 0 Å². The fraction of sp³-hybridized carbons (Fsp3) is 0.462. The third-order valence-electron chi connectivity index (χ3n) is 7.47. The van der Waals surface area contributed by atoms with Gasteiger partial charge < -0.3 is 10.6 Å². The van der Waals surface area contributed by atoms with Gasteiger partial charge in [0.25, 0.3) is 0 Å². The normalized spacial score (nSPS) is 22.8. The minimum atomic E-state index is -1.46. The molecule has 6 heteroatoms. The summed E-state index contributed by atoms with van der Waals surface area (Å²) in [5, 5.41) is 7.43. The number of nitrogens with zero attached hydrogens (tertiary/aromatic N) is 1. The quantitative estimate of drug-likeness (QED) is 0.547. The maximum Gasteiger partial charge on any atom is 0.196 e. The zero-order chi connectivity index (χ0) is 21.7. The molecule has 0 bridgehead atoms. The maximum atomic E-state index is 13.8. The van der Waals surface area contributed by atoms with E-state index in [1.807, 2.05) is 18.2 Å². The molecular weight excluding hydrogens is 418 g/mol. The number of ketones is 1. The van der Waals surface area contributed by atoms with Crippen LogP contribution in [-0.2, 0) is 11.0 Å². The molecule has 2 fully saturated rings. The van der Waals surface area contributed by atoms with Gasteiger partial charge >= 0.3 is 0 Å². The van der Waals surface area contributed by atoms with Crippen molar-refractivity contribution in [3.05, 3.63) is 52.6 Å². The van der Waals surface area contributed by atoms with Crippen LogP contribution < -0.4 is 10.6 Å². The molecule has 166 valence electrons. The number of benzene rings is 2. The van der Waals surface area contributed by atoms with Crippen LogP contribution in [0.3, 0.4) is 0 Å². The number of fused-ring (bicyclic) bond motifs is 2. The molecule has 5 nitrogen and oxygen atoms in total. The third-order valence-corrected chi connectivity index (χ3v) is 8.53. The highest BCUT2D eigenvalue weighted by molar-refractivity contribution is 7.84. The number of anilines is 2. The van der Waals surface area contributed by atoms with Crippen LogP contribution in [0.1, 0.15) is 91.3 Å². The predicted octanol–water partition coefficient (Wildman–Crippen LogP) is 5.59. The van der Waals surface area contributed by atoms with Gasteiger partial charge in [-0.2, -0.15) is 4.40 Å². The van der Waals surface area contributed by atoms with Crippen molar-refractivity contribution >= 4 is 33.9 Å². The summed E-state index contributed by atoms with van der Waals surface area (Å²) in [4.78, 5) is 14.5. The Morgan fingerprint density at radius 2 is 1.34 bits per heavy atom. The second-order valence-corrected chi connectivity index (χ2v) is 10.7. The van der Waals surface area contributed by atoms with Crippen LogP contribution in [0.5, 0.6) is 0 Å². The van der Waals surface area contributed by atoms with E-state index in [9.17, 15) is 9.00 Å². The van der Waals surface area contributed by atoms with Gasteiger partial charge in [-0.25, -0.2) is 4.21 Å². The van der Waals surface area contributed by atoms with Gasteiger partial charge in [0.15, 0.2) is 16.8 Å². The first-order chi connectivity index (χ1) is 15.7. The Morgan fingerprint density at radius 3 is 1.97 bits per heavy atom.